The Bertz CT molecular complexity index is 1790. The summed E-state index contributed by atoms with van der Waals surface area (Å²) in [6.45, 7) is 11.2. The van der Waals surface area contributed by atoms with Gasteiger partial charge in [0.25, 0.3) is 11.8 Å². The van der Waals surface area contributed by atoms with Crippen molar-refractivity contribution in [2.75, 3.05) is 5.32 Å². The quantitative estimate of drug-likeness (QED) is 0.116. The van der Waals surface area contributed by atoms with Crippen LogP contribution in [0.1, 0.15) is 56.2 Å². The topological polar surface area (TPSA) is 117 Å². The number of halogens is 6. The zero-order valence-electron chi connectivity index (χ0n) is 27.1. The molecule has 1 N–H and O–H groups in total. The number of hydrogen-bond acceptors (Lipinski definition) is 8. The van der Waals surface area contributed by atoms with Crippen molar-refractivity contribution < 1.29 is 45.0 Å². The molecule has 1 aromatic carbocycles. The molecular weight excluding hydrogens is 658 g/mol. The molecule has 0 saturated carbocycles. The van der Waals surface area contributed by atoms with Crippen LogP contribution in [-0.4, -0.2) is 42.8 Å². The van der Waals surface area contributed by atoms with Crippen LogP contribution in [0.5, 0.6) is 0 Å². The largest absolute Gasteiger partial charge is 0.444 e. The lowest BCUT2D eigenvalue weighted by Crippen LogP contribution is -2.45. The molecule has 0 aliphatic carbocycles. The number of nitrogens with one attached hydrogen (secondary N) is 1. The van der Waals surface area contributed by atoms with Gasteiger partial charge < -0.3 is 13.9 Å². The minimum Gasteiger partial charge on any atom is -0.444 e. The minimum absolute atomic E-state index is 0.107. The van der Waals surface area contributed by atoms with Crippen LogP contribution in [-0.2, 0) is 41.3 Å². The predicted molar refractivity (Wildman–Crippen MR) is 167 cm³/mol. The fourth-order valence-electron chi connectivity index (χ4n) is 4.78. The van der Waals surface area contributed by atoms with E-state index in [9.17, 15) is 31.1 Å². The van der Waals surface area contributed by atoms with Crippen molar-refractivity contribution in [1.29, 1.82) is 0 Å². The molecule has 262 valence electrons. The van der Waals surface area contributed by atoms with Crippen LogP contribution in [0.2, 0.25) is 0 Å². The molecule has 10 nitrogen and oxygen atoms in total. The lowest BCUT2D eigenvalue weighted by atomic mass is 9.96. The van der Waals surface area contributed by atoms with E-state index in [2.05, 4.69) is 38.8 Å². The Morgan fingerprint density at radius 1 is 1.00 bits per heavy atom. The number of ether oxygens (including phenoxy) is 2. The SMILES string of the molecule is C=CCCC(OCc1ccccc1)(c1nnc(-c2nc(-c3nn(C)cc3CC=C)c(C(F)(F)F)cc2NC(=O)OC(C)(C)C)o1)C(F)(F)F. The first-order valence-electron chi connectivity index (χ1n) is 14.8. The molecule has 1 amide bonds. The Morgan fingerprint density at radius 2 is 1.69 bits per heavy atom. The van der Waals surface area contributed by atoms with Crippen LogP contribution in [0.25, 0.3) is 23.0 Å². The second kappa shape index (κ2) is 14.2. The maximum Gasteiger partial charge on any atom is 0.426 e. The summed E-state index contributed by atoms with van der Waals surface area (Å²) in [5, 5.41) is 13.8. The Balaban J connectivity index is 1.96. The van der Waals surface area contributed by atoms with E-state index in [1.54, 1.807) is 30.3 Å². The number of pyridine rings is 1. The number of nitrogens with zero attached hydrogens (tertiary/aromatic N) is 5. The monoisotopic (exact) mass is 692 g/mol. The Hall–Kier alpha value is -4.99. The van der Waals surface area contributed by atoms with Crippen LogP contribution in [0, 0.1) is 0 Å². The number of rotatable bonds is 12. The lowest BCUT2D eigenvalue weighted by Gasteiger charge is -2.32. The molecule has 49 heavy (non-hydrogen) atoms. The van der Waals surface area contributed by atoms with Gasteiger partial charge in [0.1, 0.15) is 17.0 Å². The number of benzene rings is 1. The van der Waals surface area contributed by atoms with Crippen LogP contribution in [0.4, 0.5) is 36.8 Å². The molecular formula is C33H34F6N6O4. The number of amides is 1. The van der Waals surface area contributed by atoms with E-state index >= 15 is 0 Å². The molecule has 0 fully saturated rings. The molecule has 0 bridgehead atoms. The van der Waals surface area contributed by atoms with Gasteiger partial charge in [0, 0.05) is 18.8 Å². The van der Waals surface area contributed by atoms with Crippen molar-refractivity contribution in [3.63, 3.8) is 0 Å². The lowest BCUT2D eigenvalue weighted by molar-refractivity contribution is -0.299. The van der Waals surface area contributed by atoms with Crippen LogP contribution in [0.3, 0.4) is 0 Å². The van der Waals surface area contributed by atoms with Gasteiger partial charge in [-0.3, -0.25) is 10.00 Å². The van der Waals surface area contributed by atoms with Gasteiger partial charge in [-0.15, -0.1) is 23.4 Å². The molecule has 1 unspecified atom stereocenters. The first-order valence-corrected chi connectivity index (χ1v) is 14.8. The molecule has 0 aliphatic rings. The highest BCUT2D eigenvalue weighted by atomic mass is 19.4. The number of aromatic nitrogens is 5. The highest BCUT2D eigenvalue weighted by molar-refractivity contribution is 5.90. The molecule has 3 heterocycles. The van der Waals surface area contributed by atoms with E-state index in [0.717, 1.165) is 0 Å². The number of carbonyl (C=O) groups excluding carboxylic acids is 1. The molecule has 0 saturated heterocycles. The molecule has 3 aromatic heterocycles. The first-order chi connectivity index (χ1) is 22.9. The maximum absolute atomic E-state index is 15.0. The number of hydrogen-bond donors (Lipinski definition) is 1. The Morgan fingerprint density at radius 3 is 2.29 bits per heavy atom. The van der Waals surface area contributed by atoms with E-state index in [1.165, 1.54) is 50.8 Å². The summed E-state index contributed by atoms with van der Waals surface area (Å²) in [6.07, 6.45) is -7.95. The standard InChI is InChI=1S/C33H34F6N6O4/c1-7-9-16-31(33(37,38)39,47-19-20-14-11-10-12-15-20)28-43-42-27(48-28)26-23(40-29(46)49-30(3,4)5)17-22(32(34,35)36)25(41-26)24-21(13-8-2)18-45(6)44-24/h7-8,10-12,14-15,17-18H,1-2,9,13,16,19H2,3-6H3,(H,40,46). The first kappa shape index (κ1) is 36.8. The average Bonchev–Trinajstić information content (AvgIpc) is 3.63. The van der Waals surface area contributed by atoms with Gasteiger partial charge in [-0.05, 0) is 51.7 Å². The van der Waals surface area contributed by atoms with E-state index in [0.29, 0.717) is 17.2 Å². The molecule has 1 atom stereocenters. The molecule has 0 radical (unpaired) electrons. The summed E-state index contributed by atoms with van der Waals surface area (Å²) in [4.78, 5) is 17.0. The number of carbonyl (C=O) groups is 1. The maximum atomic E-state index is 15.0. The number of aryl methyl sites for hydroxylation is 1. The summed E-state index contributed by atoms with van der Waals surface area (Å²) >= 11 is 0. The van der Waals surface area contributed by atoms with Gasteiger partial charge >= 0.3 is 18.4 Å². The van der Waals surface area contributed by atoms with Crippen LogP contribution >= 0.6 is 0 Å². The summed E-state index contributed by atoms with van der Waals surface area (Å²) in [5.74, 6) is -1.78. The number of allylic oxidation sites excluding steroid dienone is 2. The smallest absolute Gasteiger partial charge is 0.426 e. The van der Waals surface area contributed by atoms with Crippen molar-refractivity contribution >= 4 is 11.8 Å². The highest BCUT2D eigenvalue weighted by Gasteiger charge is 2.61. The molecule has 16 heteroatoms. The van der Waals surface area contributed by atoms with Gasteiger partial charge in [-0.2, -0.15) is 31.4 Å². The zero-order valence-corrected chi connectivity index (χ0v) is 27.1. The average molecular weight is 693 g/mol. The Labute approximate surface area is 277 Å². The minimum atomic E-state index is -5.11. The Kier molecular flexibility index (Phi) is 10.7. The van der Waals surface area contributed by atoms with Crippen molar-refractivity contribution in [2.24, 2.45) is 7.05 Å². The molecule has 4 aromatic rings. The fourth-order valence-corrected chi connectivity index (χ4v) is 4.78. The highest BCUT2D eigenvalue weighted by Crippen LogP contribution is 2.47. The van der Waals surface area contributed by atoms with E-state index < -0.39 is 77.1 Å². The summed E-state index contributed by atoms with van der Waals surface area (Å²) in [6, 6.07) is 8.61. The van der Waals surface area contributed by atoms with E-state index in [-0.39, 0.29) is 18.5 Å². The third-order valence-corrected chi connectivity index (χ3v) is 6.92. The second-order valence-electron chi connectivity index (χ2n) is 11.9. The van der Waals surface area contributed by atoms with E-state index in [4.69, 9.17) is 13.9 Å². The van der Waals surface area contributed by atoms with Crippen LogP contribution in [0.15, 0.2) is 72.3 Å². The van der Waals surface area contributed by atoms with Gasteiger partial charge in [0.2, 0.25) is 5.60 Å². The van der Waals surface area contributed by atoms with Gasteiger partial charge in [0.15, 0.2) is 5.69 Å². The molecule has 0 spiro atoms. The van der Waals surface area contributed by atoms with Gasteiger partial charge in [0.05, 0.1) is 17.9 Å². The van der Waals surface area contributed by atoms with Crippen molar-refractivity contribution in [3.8, 4) is 23.0 Å². The molecule has 4 rings (SSSR count). The second-order valence-corrected chi connectivity index (χ2v) is 11.9. The molecule has 0 aliphatic heterocycles. The van der Waals surface area contributed by atoms with Gasteiger partial charge in [-0.25, -0.2) is 9.78 Å². The van der Waals surface area contributed by atoms with Crippen LogP contribution < -0.4 is 5.32 Å². The summed E-state index contributed by atoms with van der Waals surface area (Å²) in [5.41, 5.74) is -6.91. The third kappa shape index (κ3) is 8.54. The van der Waals surface area contributed by atoms with Crippen molar-refractivity contribution in [2.45, 2.75) is 70.2 Å². The number of anilines is 1. The third-order valence-electron chi connectivity index (χ3n) is 6.92. The normalized spacial score (nSPS) is 13.5. The summed E-state index contributed by atoms with van der Waals surface area (Å²) < 4.78 is 106. The number of alkyl halides is 6. The fraction of sp³-hybridized carbons (Fsp3) is 0.364. The van der Waals surface area contributed by atoms with Gasteiger partial charge in [-0.1, -0.05) is 42.5 Å². The predicted octanol–water partition coefficient (Wildman–Crippen LogP) is 8.57. The van der Waals surface area contributed by atoms with E-state index in [1.807, 2.05) is 0 Å². The van der Waals surface area contributed by atoms with Crippen molar-refractivity contribution in [3.05, 3.63) is 90.5 Å². The van der Waals surface area contributed by atoms with Crippen molar-refractivity contribution in [1.82, 2.24) is 25.0 Å². The summed E-state index contributed by atoms with van der Waals surface area (Å²) in [7, 11) is 1.49. The zero-order chi connectivity index (χ0) is 36.2.